The van der Waals surface area contributed by atoms with Crippen LogP contribution in [0.25, 0.3) is 0 Å². The van der Waals surface area contributed by atoms with E-state index in [9.17, 15) is 0 Å². The highest BCUT2D eigenvalue weighted by Gasteiger charge is 1.95. The van der Waals surface area contributed by atoms with Gasteiger partial charge < -0.3 is 10.5 Å². The fraction of sp³-hybridized carbons (Fsp3) is 0.500. The van der Waals surface area contributed by atoms with Gasteiger partial charge in [0.1, 0.15) is 6.61 Å². The van der Waals surface area contributed by atoms with Crippen LogP contribution in [0.15, 0.2) is 12.4 Å². The molecule has 0 bridgehead atoms. The molecule has 0 saturated carbocycles. The van der Waals surface area contributed by atoms with Crippen LogP contribution in [-0.2, 0) is 0 Å². The molecule has 4 heteroatoms. The first-order valence-corrected chi connectivity index (χ1v) is 3.16. The molecule has 56 valence electrons. The van der Waals surface area contributed by atoms with Crippen LogP contribution in [0.2, 0.25) is 0 Å². The molecule has 3 N–H and O–H groups in total. The van der Waals surface area contributed by atoms with Gasteiger partial charge in [0.2, 0.25) is 0 Å². The SMILES string of the molecule is CC(N)COc1cn[nH]c1. The molecule has 10 heavy (non-hydrogen) atoms. The van der Waals surface area contributed by atoms with Crippen LogP contribution in [0.4, 0.5) is 0 Å². The second-order valence-electron chi connectivity index (χ2n) is 2.22. The van der Waals surface area contributed by atoms with E-state index in [2.05, 4.69) is 10.2 Å². The molecule has 1 heterocycles. The molecular weight excluding hydrogens is 130 g/mol. The third-order valence-corrected chi connectivity index (χ3v) is 0.986. The van der Waals surface area contributed by atoms with Crippen molar-refractivity contribution >= 4 is 0 Å². The van der Waals surface area contributed by atoms with E-state index in [-0.39, 0.29) is 6.04 Å². The maximum atomic E-state index is 5.45. The summed E-state index contributed by atoms with van der Waals surface area (Å²) in [5, 5.41) is 6.35. The van der Waals surface area contributed by atoms with Crippen LogP contribution in [0.1, 0.15) is 6.92 Å². The van der Waals surface area contributed by atoms with Crippen molar-refractivity contribution in [1.29, 1.82) is 0 Å². The van der Waals surface area contributed by atoms with Gasteiger partial charge in [-0.1, -0.05) is 0 Å². The summed E-state index contributed by atoms with van der Waals surface area (Å²) in [6.07, 6.45) is 3.30. The molecule has 0 saturated heterocycles. The summed E-state index contributed by atoms with van der Waals surface area (Å²) in [5.41, 5.74) is 5.45. The largest absolute Gasteiger partial charge is 0.489 e. The lowest BCUT2D eigenvalue weighted by Gasteiger charge is -2.04. The highest BCUT2D eigenvalue weighted by molar-refractivity contribution is 5.09. The number of nitrogens with two attached hydrogens (primary N) is 1. The predicted molar refractivity (Wildman–Crippen MR) is 37.7 cm³/mol. The summed E-state index contributed by atoms with van der Waals surface area (Å²) in [4.78, 5) is 0. The van der Waals surface area contributed by atoms with E-state index >= 15 is 0 Å². The Hall–Kier alpha value is -1.03. The summed E-state index contributed by atoms with van der Waals surface area (Å²) < 4.78 is 5.19. The number of nitrogens with zero attached hydrogens (tertiary/aromatic N) is 1. The molecule has 1 rings (SSSR count). The van der Waals surface area contributed by atoms with Crippen LogP contribution in [0.5, 0.6) is 5.75 Å². The van der Waals surface area contributed by atoms with Crippen molar-refractivity contribution in [1.82, 2.24) is 10.2 Å². The third-order valence-electron chi connectivity index (χ3n) is 0.986. The van der Waals surface area contributed by atoms with Gasteiger partial charge in [-0.3, -0.25) is 5.10 Å². The summed E-state index contributed by atoms with van der Waals surface area (Å²) in [7, 11) is 0. The van der Waals surface area contributed by atoms with E-state index < -0.39 is 0 Å². The molecule has 0 aliphatic rings. The fourth-order valence-electron chi connectivity index (χ4n) is 0.546. The van der Waals surface area contributed by atoms with Crippen LogP contribution < -0.4 is 10.5 Å². The lowest BCUT2D eigenvalue weighted by atomic mass is 10.4. The minimum absolute atomic E-state index is 0.0647. The number of hydrogen-bond donors (Lipinski definition) is 2. The third kappa shape index (κ3) is 2.06. The zero-order chi connectivity index (χ0) is 7.40. The fourth-order valence-corrected chi connectivity index (χ4v) is 0.546. The number of rotatable bonds is 3. The van der Waals surface area contributed by atoms with Crippen molar-refractivity contribution in [3.63, 3.8) is 0 Å². The van der Waals surface area contributed by atoms with E-state index in [1.165, 1.54) is 0 Å². The minimum Gasteiger partial charge on any atom is -0.489 e. The number of ether oxygens (including phenoxy) is 1. The smallest absolute Gasteiger partial charge is 0.156 e. The van der Waals surface area contributed by atoms with Gasteiger partial charge in [0.15, 0.2) is 5.75 Å². The number of nitrogens with one attached hydrogen (secondary N) is 1. The Bertz CT molecular complexity index is 171. The van der Waals surface area contributed by atoms with Crippen molar-refractivity contribution in [3.05, 3.63) is 12.4 Å². The predicted octanol–water partition coefficient (Wildman–Crippen LogP) is 0.136. The molecule has 0 aliphatic heterocycles. The van der Waals surface area contributed by atoms with Crippen LogP contribution in [0, 0.1) is 0 Å². The normalized spacial score (nSPS) is 13.0. The van der Waals surface area contributed by atoms with E-state index in [4.69, 9.17) is 10.5 Å². The van der Waals surface area contributed by atoms with E-state index in [0.717, 1.165) is 5.75 Å². The average Bonchev–Trinajstić information content (AvgIpc) is 2.34. The van der Waals surface area contributed by atoms with E-state index in [0.29, 0.717) is 6.61 Å². The van der Waals surface area contributed by atoms with Crippen molar-refractivity contribution in [3.8, 4) is 5.75 Å². The number of H-pyrrole nitrogens is 1. The minimum atomic E-state index is 0.0647. The second-order valence-corrected chi connectivity index (χ2v) is 2.22. The van der Waals surface area contributed by atoms with Gasteiger partial charge in [-0.15, -0.1) is 0 Å². The Morgan fingerprint density at radius 2 is 2.70 bits per heavy atom. The van der Waals surface area contributed by atoms with Crippen LogP contribution in [0.3, 0.4) is 0 Å². The Morgan fingerprint density at radius 3 is 3.20 bits per heavy atom. The second kappa shape index (κ2) is 3.22. The molecule has 1 aromatic rings. The van der Waals surface area contributed by atoms with Crippen LogP contribution >= 0.6 is 0 Å². The van der Waals surface area contributed by atoms with Crippen LogP contribution in [-0.4, -0.2) is 22.8 Å². The molecule has 4 nitrogen and oxygen atoms in total. The van der Waals surface area contributed by atoms with Crippen molar-refractivity contribution in [2.75, 3.05) is 6.61 Å². The lowest BCUT2D eigenvalue weighted by Crippen LogP contribution is -2.23. The number of aromatic nitrogens is 2. The number of hydrogen-bond acceptors (Lipinski definition) is 3. The van der Waals surface area contributed by atoms with E-state index in [1.807, 2.05) is 6.92 Å². The zero-order valence-corrected chi connectivity index (χ0v) is 5.87. The van der Waals surface area contributed by atoms with Crippen molar-refractivity contribution < 1.29 is 4.74 Å². The first-order valence-electron chi connectivity index (χ1n) is 3.16. The average molecular weight is 141 g/mol. The molecule has 1 aromatic heterocycles. The van der Waals surface area contributed by atoms with Gasteiger partial charge in [0.25, 0.3) is 0 Å². The molecule has 0 amide bonds. The van der Waals surface area contributed by atoms with Crippen molar-refractivity contribution in [2.45, 2.75) is 13.0 Å². The molecular formula is C6H11N3O. The summed E-state index contributed by atoms with van der Waals surface area (Å²) in [6, 6.07) is 0.0647. The standard InChI is InChI=1S/C6H11N3O/c1-5(7)4-10-6-2-8-9-3-6/h2-3,5H,4,7H2,1H3,(H,8,9). The first kappa shape index (κ1) is 7.08. The van der Waals surface area contributed by atoms with Gasteiger partial charge >= 0.3 is 0 Å². The van der Waals surface area contributed by atoms with Gasteiger partial charge in [-0.2, -0.15) is 5.10 Å². The maximum Gasteiger partial charge on any atom is 0.156 e. The van der Waals surface area contributed by atoms with Gasteiger partial charge in [0.05, 0.1) is 12.4 Å². The number of aromatic amines is 1. The van der Waals surface area contributed by atoms with Gasteiger partial charge in [-0.05, 0) is 6.92 Å². The molecule has 1 unspecified atom stereocenters. The monoisotopic (exact) mass is 141 g/mol. The zero-order valence-electron chi connectivity index (χ0n) is 5.87. The summed E-state index contributed by atoms with van der Waals surface area (Å²) in [6.45, 7) is 2.42. The van der Waals surface area contributed by atoms with Gasteiger partial charge in [0, 0.05) is 6.04 Å². The topological polar surface area (TPSA) is 63.9 Å². The summed E-state index contributed by atoms with van der Waals surface area (Å²) in [5.74, 6) is 0.734. The molecule has 0 aromatic carbocycles. The molecule has 0 aliphatic carbocycles. The lowest BCUT2D eigenvalue weighted by molar-refractivity contribution is 0.296. The molecule has 1 atom stereocenters. The molecule has 0 fully saturated rings. The highest BCUT2D eigenvalue weighted by Crippen LogP contribution is 2.03. The Labute approximate surface area is 59.4 Å². The maximum absolute atomic E-state index is 5.45. The molecule has 0 spiro atoms. The summed E-state index contributed by atoms with van der Waals surface area (Å²) >= 11 is 0. The Morgan fingerprint density at radius 1 is 1.90 bits per heavy atom. The molecule has 0 radical (unpaired) electrons. The Kier molecular flexibility index (Phi) is 2.28. The Balaban J connectivity index is 2.28. The first-order chi connectivity index (χ1) is 4.79. The quantitative estimate of drug-likeness (QED) is 0.629. The van der Waals surface area contributed by atoms with Gasteiger partial charge in [-0.25, -0.2) is 0 Å². The van der Waals surface area contributed by atoms with Crippen molar-refractivity contribution in [2.24, 2.45) is 5.73 Å². The van der Waals surface area contributed by atoms with E-state index in [1.54, 1.807) is 12.4 Å². The highest BCUT2D eigenvalue weighted by atomic mass is 16.5.